The first-order valence-electron chi connectivity index (χ1n) is 10.2. The van der Waals surface area contributed by atoms with E-state index >= 15 is 0 Å². The van der Waals surface area contributed by atoms with Gasteiger partial charge in [-0.1, -0.05) is 25.5 Å². The molecule has 1 heterocycles. The van der Waals surface area contributed by atoms with Crippen molar-refractivity contribution in [3.8, 4) is 5.75 Å². The second-order valence-electron chi connectivity index (χ2n) is 7.19. The largest absolute Gasteiger partial charge is 0.494 e. The van der Waals surface area contributed by atoms with Gasteiger partial charge in [-0.05, 0) is 67.5 Å². The predicted octanol–water partition coefficient (Wildman–Crippen LogP) is 3.20. The summed E-state index contributed by atoms with van der Waals surface area (Å²) in [5.41, 5.74) is 1.98. The summed E-state index contributed by atoms with van der Waals surface area (Å²) in [5, 5.41) is 9.37. The van der Waals surface area contributed by atoms with E-state index in [4.69, 9.17) is 4.74 Å². The van der Waals surface area contributed by atoms with E-state index in [2.05, 4.69) is 9.71 Å². The quantitative estimate of drug-likeness (QED) is 0.442. The SMILES string of the molecule is CCCCS(=O)(=O)N[C@H](Cc1ccc(OCCCCc2ccncc2)cc1)C(=O)O. The number of rotatable bonds is 14. The maximum absolute atomic E-state index is 12.0. The van der Waals surface area contributed by atoms with Crippen molar-refractivity contribution in [2.75, 3.05) is 12.4 Å². The summed E-state index contributed by atoms with van der Waals surface area (Å²) >= 11 is 0. The number of hydrogen-bond donors (Lipinski definition) is 2. The zero-order chi connectivity index (χ0) is 21.8. The van der Waals surface area contributed by atoms with Crippen LogP contribution in [0.2, 0.25) is 0 Å². The molecule has 0 aliphatic carbocycles. The number of aromatic nitrogens is 1. The Morgan fingerprint density at radius 1 is 1.07 bits per heavy atom. The van der Waals surface area contributed by atoms with E-state index < -0.39 is 22.0 Å². The number of aliphatic carboxylic acids is 1. The summed E-state index contributed by atoms with van der Waals surface area (Å²) in [6, 6.07) is 9.92. The maximum atomic E-state index is 12.0. The number of pyridine rings is 1. The third-order valence-electron chi connectivity index (χ3n) is 4.63. The van der Waals surface area contributed by atoms with Crippen molar-refractivity contribution in [1.29, 1.82) is 0 Å². The van der Waals surface area contributed by atoms with Crippen LogP contribution in [0.4, 0.5) is 0 Å². The van der Waals surface area contributed by atoms with E-state index in [1.165, 1.54) is 5.56 Å². The maximum Gasteiger partial charge on any atom is 0.322 e. The number of nitrogens with zero attached hydrogens (tertiary/aromatic N) is 1. The fourth-order valence-electron chi connectivity index (χ4n) is 2.92. The summed E-state index contributed by atoms with van der Waals surface area (Å²) in [6.07, 6.45) is 7.80. The molecule has 1 aromatic heterocycles. The molecule has 0 fully saturated rings. The molecule has 1 atom stereocenters. The van der Waals surface area contributed by atoms with Crippen LogP contribution >= 0.6 is 0 Å². The Bertz CT molecular complexity index is 870. The lowest BCUT2D eigenvalue weighted by Crippen LogP contribution is -2.43. The number of sulfonamides is 1. The van der Waals surface area contributed by atoms with Gasteiger partial charge < -0.3 is 9.84 Å². The van der Waals surface area contributed by atoms with Gasteiger partial charge in [0.15, 0.2) is 0 Å². The van der Waals surface area contributed by atoms with Crippen molar-refractivity contribution in [3.63, 3.8) is 0 Å². The minimum atomic E-state index is -3.61. The van der Waals surface area contributed by atoms with Gasteiger partial charge in [-0.15, -0.1) is 0 Å². The summed E-state index contributed by atoms with van der Waals surface area (Å²) in [7, 11) is -3.61. The minimum absolute atomic E-state index is 0.0682. The Balaban J connectivity index is 1.78. The number of carboxylic acid groups (broad SMARTS) is 1. The van der Waals surface area contributed by atoms with Crippen molar-refractivity contribution in [3.05, 3.63) is 59.9 Å². The number of nitrogens with one attached hydrogen (secondary N) is 1. The Morgan fingerprint density at radius 3 is 2.40 bits per heavy atom. The molecule has 0 unspecified atom stereocenters. The second-order valence-corrected chi connectivity index (χ2v) is 9.06. The van der Waals surface area contributed by atoms with Gasteiger partial charge in [-0.3, -0.25) is 9.78 Å². The van der Waals surface area contributed by atoms with E-state index in [0.717, 1.165) is 31.2 Å². The molecule has 0 saturated carbocycles. The van der Waals surface area contributed by atoms with Crippen molar-refractivity contribution >= 4 is 16.0 Å². The molecule has 8 heteroatoms. The van der Waals surface area contributed by atoms with Crippen LogP contribution in [-0.2, 0) is 27.7 Å². The molecule has 2 rings (SSSR count). The van der Waals surface area contributed by atoms with Crippen LogP contribution < -0.4 is 9.46 Å². The van der Waals surface area contributed by atoms with Crippen molar-refractivity contribution in [2.45, 2.75) is 51.5 Å². The van der Waals surface area contributed by atoms with Crippen LogP contribution in [0.15, 0.2) is 48.8 Å². The monoisotopic (exact) mass is 434 g/mol. The lowest BCUT2D eigenvalue weighted by atomic mass is 10.1. The van der Waals surface area contributed by atoms with Crippen LogP contribution in [0.5, 0.6) is 5.75 Å². The third-order valence-corrected chi connectivity index (χ3v) is 6.10. The molecule has 0 spiro atoms. The normalized spacial score (nSPS) is 12.4. The van der Waals surface area contributed by atoms with Crippen LogP contribution in [0.3, 0.4) is 0 Å². The summed E-state index contributed by atoms with van der Waals surface area (Å²) < 4.78 is 32.1. The first-order chi connectivity index (χ1) is 14.4. The van der Waals surface area contributed by atoms with Crippen LogP contribution in [0.1, 0.15) is 43.7 Å². The molecule has 7 nitrogen and oxygen atoms in total. The van der Waals surface area contributed by atoms with Gasteiger partial charge in [0.1, 0.15) is 11.8 Å². The number of hydrogen-bond acceptors (Lipinski definition) is 5. The number of unbranched alkanes of at least 4 members (excludes halogenated alkanes) is 2. The minimum Gasteiger partial charge on any atom is -0.494 e. The highest BCUT2D eigenvalue weighted by Crippen LogP contribution is 2.15. The molecule has 2 N–H and O–H groups in total. The summed E-state index contributed by atoms with van der Waals surface area (Å²) in [4.78, 5) is 15.5. The Hall–Kier alpha value is -2.45. The zero-order valence-electron chi connectivity index (χ0n) is 17.3. The molecule has 164 valence electrons. The molecule has 0 bridgehead atoms. The first kappa shape index (κ1) is 23.8. The number of benzene rings is 1. The molecule has 0 aliphatic heterocycles. The number of carboxylic acids is 1. The van der Waals surface area contributed by atoms with Crippen LogP contribution in [0.25, 0.3) is 0 Å². The fourth-order valence-corrected chi connectivity index (χ4v) is 4.32. The summed E-state index contributed by atoms with van der Waals surface area (Å²) in [6.45, 7) is 2.48. The number of carbonyl (C=O) groups is 1. The predicted molar refractivity (Wildman–Crippen MR) is 116 cm³/mol. The van der Waals surface area contributed by atoms with Crippen LogP contribution in [-0.4, -0.2) is 42.9 Å². The van der Waals surface area contributed by atoms with E-state index in [9.17, 15) is 18.3 Å². The van der Waals surface area contributed by atoms with Gasteiger partial charge in [-0.2, -0.15) is 0 Å². The Morgan fingerprint density at radius 2 is 1.77 bits per heavy atom. The van der Waals surface area contributed by atoms with Crippen LogP contribution in [0, 0.1) is 0 Å². The molecule has 0 saturated heterocycles. The Kier molecular flexibility index (Phi) is 9.76. The van der Waals surface area contributed by atoms with Gasteiger partial charge in [0.2, 0.25) is 10.0 Å². The molecule has 1 aromatic carbocycles. The molecule has 2 aromatic rings. The standard InChI is InChI=1S/C22H30N2O5S/c1-2-3-16-30(27,28)24-21(22(25)26)17-19-7-9-20(10-8-19)29-15-5-4-6-18-11-13-23-14-12-18/h7-14,21,24H,2-6,15-17H2,1H3,(H,25,26)/t21-/m1/s1. The van der Waals surface area contributed by atoms with E-state index in [0.29, 0.717) is 18.8 Å². The molecule has 0 amide bonds. The van der Waals surface area contributed by atoms with E-state index in [1.54, 1.807) is 36.7 Å². The van der Waals surface area contributed by atoms with Gasteiger partial charge in [0.25, 0.3) is 0 Å². The average molecular weight is 435 g/mol. The highest BCUT2D eigenvalue weighted by atomic mass is 32.2. The fraction of sp³-hybridized carbons (Fsp3) is 0.455. The lowest BCUT2D eigenvalue weighted by Gasteiger charge is -2.15. The van der Waals surface area contributed by atoms with Crippen molar-refractivity contribution in [2.24, 2.45) is 0 Å². The van der Waals surface area contributed by atoms with E-state index in [-0.39, 0.29) is 12.2 Å². The highest BCUT2D eigenvalue weighted by molar-refractivity contribution is 7.89. The first-order valence-corrected chi connectivity index (χ1v) is 11.9. The van der Waals surface area contributed by atoms with Gasteiger partial charge >= 0.3 is 5.97 Å². The molecule has 30 heavy (non-hydrogen) atoms. The Labute approximate surface area is 178 Å². The lowest BCUT2D eigenvalue weighted by molar-refractivity contribution is -0.138. The van der Waals surface area contributed by atoms with Gasteiger partial charge in [-0.25, -0.2) is 13.1 Å². The topological polar surface area (TPSA) is 106 Å². The van der Waals surface area contributed by atoms with Crippen molar-refractivity contribution < 1.29 is 23.1 Å². The van der Waals surface area contributed by atoms with Gasteiger partial charge in [0.05, 0.1) is 12.4 Å². The average Bonchev–Trinajstić information content (AvgIpc) is 2.73. The van der Waals surface area contributed by atoms with Crippen molar-refractivity contribution in [1.82, 2.24) is 9.71 Å². The second kappa shape index (κ2) is 12.3. The highest BCUT2D eigenvalue weighted by Gasteiger charge is 2.24. The smallest absolute Gasteiger partial charge is 0.322 e. The molecule has 0 aliphatic rings. The van der Waals surface area contributed by atoms with Gasteiger partial charge in [0, 0.05) is 12.4 Å². The summed E-state index contributed by atoms with van der Waals surface area (Å²) in [5.74, 6) is -0.552. The number of ether oxygens (including phenoxy) is 1. The molecule has 0 radical (unpaired) electrons. The zero-order valence-corrected chi connectivity index (χ0v) is 18.1. The third kappa shape index (κ3) is 8.92. The molecular weight excluding hydrogens is 404 g/mol. The molecular formula is C22H30N2O5S. The van der Waals surface area contributed by atoms with E-state index in [1.807, 2.05) is 19.1 Å². The number of aryl methyl sites for hydroxylation is 1.